The number of rotatable bonds is 4. The molecule has 1 aromatic heterocycles. The van der Waals surface area contributed by atoms with Gasteiger partial charge in [-0.15, -0.1) is 10.2 Å². The van der Waals surface area contributed by atoms with Crippen molar-refractivity contribution in [1.82, 2.24) is 10.2 Å². The maximum atomic E-state index is 11.0. The lowest BCUT2D eigenvalue weighted by Crippen LogP contribution is -2.09. The lowest BCUT2D eigenvalue weighted by atomic mass is 10.1. The number of hydrogen-bond acceptors (Lipinski definition) is 5. The monoisotopic (exact) mass is 224 g/mol. The minimum absolute atomic E-state index is 0.154. The van der Waals surface area contributed by atoms with Gasteiger partial charge < -0.3 is 0 Å². The van der Waals surface area contributed by atoms with E-state index in [1.807, 2.05) is 0 Å². The third-order valence-corrected chi connectivity index (χ3v) is 2.40. The van der Waals surface area contributed by atoms with Crippen molar-refractivity contribution in [3.05, 3.63) is 5.01 Å². The Kier molecular flexibility index (Phi) is 4.18. The summed E-state index contributed by atoms with van der Waals surface area (Å²) in [5, 5.41) is 19.9. The molecule has 0 bridgehead atoms. The van der Waals surface area contributed by atoms with Gasteiger partial charge in [-0.1, -0.05) is 25.2 Å². The second-order valence-corrected chi connectivity index (χ2v) is 4.54. The van der Waals surface area contributed by atoms with E-state index in [0.717, 1.165) is 11.4 Å². The Hall–Kier alpha value is -1.48. The first-order chi connectivity index (χ1) is 7.11. The molecule has 1 aromatic rings. The molecule has 15 heavy (non-hydrogen) atoms. The van der Waals surface area contributed by atoms with E-state index in [-0.39, 0.29) is 12.3 Å². The number of nitriles is 1. The maximum Gasteiger partial charge on any atom is 0.240 e. The predicted molar refractivity (Wildman–Crippen MR) is 57.3 cm³/mol. The first-order valence-corrected chi connectivity index (χ1v) is 5.42. The van der Waals surface area contributed by atoms with Gasteiger partial charge in [0.15, 0.2) is 0 Å². The second kappa shape index (κ2) is 5.41. The van der Waals surface area contributed by atoms with E-state index < -0.39 is 0 Å². The summed E-state index contributed by atoms with van der Waals surface area (Å²) in [5.41, 5.74) is 0. The summed E-state index contributed by atoms with van der Waals surface area (Å²) < 4.78 is 0. The maximum absolute atomic E-state index is 11.0. The number of anilines is 1. The Labute approximate surface area is 92.1 Å². The quantitative estimate of drug-likeness (QED) is 0.842. The number of aromatic nitrogens is 2. The van der Waals surface area contributed by atoms with Crippen LogP contribution in [0.2, 0.25) is 0 Å². The molecule has 0 spiro atoms. The van der Waals surface area contributed by atoms with Gasteiger partial charge in [-0.25, -0.2) is 0 Å². The minimum atomic E-state index is -0.343. The van der Waals surface area contributed by atoms with Crippen LogP contribution < -0.4 is 5.32 Å². The summed E-state index contributed by atoms with van der Waals surface area (Å²) in [6.07, 6.45) is 0.699. The van der Waals surface area contributed by atoms with Crippen LogP contribution in [0.15, 0.2) is 0 Å². The highest BCUT2D eigenvalue weighted by Crippen LogP contribution is 2.18. The topological polar surface area (TPSA) is 78.7 Å². The van der Waals surface area contributed by atoms with Gasteiger partial charge in [-0.2, -0.15) is 5.26 Å². The zero-order valence-corrected chi connectivity index (χ0v) is 9.47. The van der Waals surface area contributed by atoms with E-state index in [9.17, 15) is 4.79 Å². The van der Waals surface area contributed by atoms with E-state index in [2.05, 4.69) is 29.4 Å². The zero-order valence-electron chi connectivity index (χ0n) is 8.65. The zero-order chi connectivity index (χ0) is 11.3. The Bertz CT molecular complexity index is 380. The number of nitrogens with zero attached hydrogens (tertiary/aromatic N) is 3. The summed E-state index contributed by atoms with van der Waals surface area (Å²) in [7, 11) is 0. The lowest BCUT2D eigenvalue weighted by Gasteiger charge is -1.97. The highest BCUT2D eigenvalue weighted by molar-refractivity contribution is 7.15. The molecule has 1 rings (SSSR count). The molecule has 0 aliphatic carbocycles. The van der Waals surface area contributed by atoms with E-state index >= 15 is 0 Å². The highest BCUT2D eigenvalue weighted by Gasteiger charge is 2.08. The number of nitrogens with one attached hydrogen (secondary N) is 1. The molecule has 0 fully saturated rings. The Morgan fingerprint density at radius 3 is 2.93 bits per heavy atom. The number of carbonyl (C=O) groups excluding carboxylic acids is 1. The van der Waals surface area contributed by atoms with E-state index in [0.29, 0.717) is 11.0 Å². The largest absolute Gasteiger partial charge is 0.300 e. The van der Waals surface area contributed by atoms with Crippen molar-refractivity contribution >= 4 is 22.4 Å². The van der Waals surface area contributed by atoms with Gasteiger partial charge in [-0.3, -0.25) is 10.1 Å². The predicted octanol–water partition coefficient (Wildman–Crippen LogP) is 1.59. The molecular formula is C9H12N4OS. The molecule has 5 nitrogen and oxygen atoms in total. The molecule has 0 saturated heterocycles. The summed E-state index contributed by atoms with van der Waals surface area (Å²) in [5.74, 6) is 0.172. The van der Waals surface area contributed by atoms with Crippen LogP contribution in [0.1, 0.15) is 25.3 Å². The Morgan fingerprint density at radius 2 is 2.33 bits per heavy atom. The van der Waals surface area contributed by atoms with Crippen LogP contribution in [-0.2, 0) is 11.2 Å². The van der Waals surface area contributed by atoms with Gasteiger partial charge in [0.2, 0.25) is 11.0 Å². The highest BCUT2D eigenvalue weighted by atomic mass is 32.1. The molecule has 0 saturated carbocycles. The fourth-order valence-electron chi connectivity index (χ4n) is 0.971. The van der Waals surface area contributed by atoms with Crippen LogP contribution in [-0.4, -0.2) is 16.1 Å². The summed E-state index contributed by atoms with van der Waals surface area (Å²) in [6.45, 7) is 4.19. The van der Waals surface area contributed by atoms with Gasteiger partial charge in [0, 0.05) is 6.42 Å². The average Bonchev–Trinajstić information content (AvgIpc) is 2.51. The Balaban J connectivity index is 2.53. The fraction of sp³-hybridized carbons (Fsp3) is 0.556. The standard InChI is InChI=1S/C9H12N4OS/c1-6(2)5-8-12-13-9(15-8)11-7(14)3-4-10/h6H,3,5H2,1-2H3,(H,11,13,14). The molecule has 1 amide bonds. The Morgan fingerprint density at radius 1 is 1.60 bits per heavy atom. The van der Waals surface area contributed by atoms with E-state index in [4.69, 9.17) is 5.26 Å². The van der Waals surface area contributed by atoms with Crippen LogP contribution in [0.25, 0.3) is 0 Å². The molecule has 1 heterocycles. The third-order valence-electron chi connectivity index (χ3n) is 1.54. The average molecular weight is 224 g/mol. The second-order valence-electron chi connectivity index (χ2n) is 3.48. The van der Waals surface area contributed by atoms with Gasteiger partial charge >= 0.3 is 0 Å². The summed E-state index contributed by atoms with van der Waals surface area (Å²) in [4.78, 5) is 11.0. The molecule has 0 atom stereocenters. The molecule has 0 aromatic carbocycles. The molecular weight excluding hydrogens is 212 g/mol. The third kappa shape index (κ3) is 4.04. The van der Waals surface area contributed by atoms with Gasteiger partial charge in [0.1, 0.15) is 11.4 Å². The fourth-order valence-corrected chi connectivity index (χ4v) is 1.94. The SMILES string of the molecule is CC(C)Cc1nnc(NC(=O)CC#N)s1. The van der Waals surface area contributed by atoms with Crippen LogP contribution in [0.4, 0.5) is 5.13 Å². The smallest absolute Gasteiger partial charge is 0.240 e. The van der Waals surface area contributed by atoms with E-state index in [1.165, 1.54) is 11.3 Å². The normalized spacial score (nSPS) is 10.0. The molecule has 0 aliphatic rings. The van der Waals surface area contributed by atoms with Crippen molar-refractivity contribution in [3.63, 3.8) is 0 Å². The molecule has 1 N–H and O–H groups in total. The molecule has 80 valence electrons. The van der Waals surface area contributed by atoms with Crippen molar-refractivity contribution in [2.45, 2.75) is 26.7 Å². The van der Waals surface area contributed by atoms with E-state index in [1.54, 1.807) is 6.07 Å². The number of hydrogen-bond donors (Lipinski definition) is 1. The van der Waals surface area contributed by atoms with Crippen LogP contribution in [0.5, 0.6) is 0 Å². The first-order valence-electron chi connectivity index (χ1n) is 4.61. The molecule has 6 heteroatoms. The number of amides is 1. The van der Waals surface area contributed by atoms with Crippen molar-refractivity contribution in [2.24, 2.45) is 5.92 Å². The minimum Gasteiger partial charge on any atom is -0.300 e. The van der Waals surface area contributed by atoms with Crippen molar-refractivity contribution < 1.29 is 4.79 Å². The van der Waals surface area contributed by atoms with Gasteiger partial charge in [-0.05, 0) is 5.92 Å². The lowest BCUT2D eigenvalue weighted by molar-refractivity contribution is -0.115. The van der Waals surface area contributed by atoms with Crippen LogP contribution in [0.3, 0.4) is 0 Å². The van der Waals surface area contributed by atoms with Crippen molar-refractivity contribution in [2.75, 3.05) is 5.32 Å². The molecule has 0 radical (unpaired) electrons. The summed E-state index contributed by atoms with van der Waals surface area (Å²) in [6, 6.07) is 1.77. The van der Waals surface area contributed by atoms with Gasteiger partial charge in [0.05, 0.1) is 6.07 Å². The summed E-state index contributed by atoms with van der Waals surface area (Å²) >= 11 is 1.35. The molecule has 0 aliphatic heterocycles. The van der Waals surface area contributed by atoms with Crippen molar-refractivity contribution in [1.29, 1.82) is 5.26 Å². The number of carbonyl (C=O) groups is 1. The van der Waals surface area contributed by atoms with Crippen LogP contribution in [0, 0.1) is 17.2 Å². The first kappa shape index (κ1) is 11.6. The van der Waals surface area contributed by atoms with Gasteiger partial charge in [0.25, 0.3) is 0 Å². The molecule has 0 unspecified atom stereocenters. The van der Waals surface area contributed by atoms with Crippen molar-refractivity contribution in [3.8, 4) is 6.07 Å². The van der Waals surface area contributed by atoms with Crippen LogP contribution >= 0.6 is 11.3 Å².